The van der Waals surface area contributed by atoms with Gasteiger partial charge in [0.05, 0.1) is 0 Å². The summed E-state index contributed by atoms with van der Waals surface area (Å²) in [6.07, 6.45) is 2.57. The predicted molar refractivity (Wildman–Crippen MR) is 64.7 cm³/mol. The number of nitrogens with one attached hydrogen (secondary N) is 1. The van der Waals surface area contributed by atoms with Crippen molar-refractivity contribution in [1.29, 1.82) is 0 Å². The third-order valence-corrected chi connectivity index (χ3v) is 2.62. The number of nitrogens with zero attached hydrogens (tertiary/aromatic N) is 1. The van der Waals surface area contributed by atoms with E-state index in [2.05, 4.69) is 37.9 Å². The second-order valence-electron chi connectivity index (χ2n) is 4.31. The summed E-state index contributed by atoms with van der Waals surface area (Å²) in [4.78, 5) is 2.48. The molecule has 0 aliphatic carbocycles. The summed E-state index contributed by atoms with van der Waals surface area (Å²) in [5.41, 5.74) is 0. The van der Waals surface area contributed by atoms with Gasteiger partial charge in [0.2, 0.25) is 0 Å². The third kappa shape index (κ3) is 8.52. The van der Waals surface area contributed by atoms with E-state index in [1.54, 1.807) is 0 Å². The SMILES string of the molecule is CCN(CC)CCCNCCC(C)C. The monoisotopic (exact) mass is 200 g/mol. The standard InChI is InChI=1S/C12H28N2/c1-5-14(6-2)11-7-9-13-10-8-12(3)4/h12-13H,5-11H2,1-4H3. The van der Waals surface area contributed by atoms with E-state index in [4.69, 9.17) is 0 Å². The van der Waals surface area contributed by atoms with Crippen molar-refractivity contribution < 1.29 is 0 Å². The van der Waals surface area contributed by atoms with Crippen LogP contribution in [-0.4, -0.2) is 37.6 Å². The van der Waals surface area contributed by atoms with Gasteiger partial charge in [-0.15, -0.1) is 0 Å². The third-order valence-electron chi connectivity index (χ3n) is 2.62. The lowest BCUT2D eigenvalue weighted by Crippen LogP contribution is -2.27. The molecule has 0 aliphatic rings. The Morgan fingerprint density at radius 2 is 1.71 bits per heavy atom. The molecule has 0 aromatic carbocycles. The summed E-state index contributed by atoms with van der Waals surface area (Å²) in [5, 5.41) is 3.49. The van der Waals surface area contributed by atoms with E-state index < -0.39 is 0 Å². The zero-order valence-corrected chi connectivity index (χ0v) is 10.5. The van der Waals surface area contributed by atoms with E-state index in [0.29, 0.717) is 0 Å². The Bertz CT molecular complexity index is 109. The van der Waals surface area contributed by atoms with Crippen molar-refractivity contribution >= 4 is 0 Å². The van der Waals surface area contributed by atoms with Crippen LogP contribution in [-0.2, 0) is 0 Å². The molecule has 0 atom stereocenters. The van der Waals surface area contributed by atoms with Gasteiger partial charge in [0, 0.05) is 0 Å². The van der Waals surface area contributed by atoms with Crippen molar-refractivity contribution in [2.45, 2.75) is 40.5 Å². The van der Waals surface area contributed by atoms with Crippen LogP contribution in [0.4, 0.5) is 0 Å². The predicted octanol–water partition coefficient (Wildman–Crippen LogP) is 2.35. The van der Waals surface area contributed by atoms with Crippen molar-refractivity contribution in [3.05, 3.63) is 0 Å². The average molecular weight is 200 g/mol. The molecule has 0 radical (unpaired) electrons. The Morgan fingerprint density at radius 1 is 1.07 bits per heavy atom. The molecule has 86 valence electrons. The molecule has 14 heavy (non-hydrogen) atoms. The molecule has 0 aromatic rings. The Labute approximate surface area is 90.1 Å². The smallest absolute Gasteiger partial charge is 0.000687 e. The minimum atomic E-state index is 0.824. The van der Waals surface area contributed by atoms with E-state index >= 15 is 0 Å². The van der Waals surface area contributed by atoms with Crippen LogP contribution in [0.25, 0.3) is 0 Å². The highest BCUT2D eigenvalue weighted by atomic mass is 15.1. The zero-order chi connectivity index (χ0) is 10.8. The molecule has 0 aliphatic heterocycles. The first-order chi connectivity index (χ1) is 6.70. The fraction of sp³-hybridized carbons (Fsp3) is 1.00. The lowest BCUT2D eigenvalue weighted by atomic mass is 10.1. The fourth-order valence-corrected chi connectivity index (χ4v) is 1.48. The first-order valence-electron chi connectivity index (χ1n) is 6.13. The second kappa shape index (κ2) is 9.47. The Morgan fingerprint density at radius 3 is 2.21 bits per heavy atom. The summed E-state index contributed by atoms with van der Waals surface area (Å²) >= 11 is 0. The van der Waals surface area contributed by atoms with Crippen LogP contribution in [0.3, 0.4) is 0 Å². The lowest BCUT2D eigenvalue weighted by molar-refractivity contribution is 0.297. The summed E-state index contributed by atoms with van der Waals surface area (Å²) in [6, 6.07) is 0. The first kappa shape index (κ1) is 13.9. The molecule has 2 heteroatoms. The van der Waals surface area contributed by atoms with E-state index in [-0.39, 0.29) is 0 Å². The quantitative estimate of drug-likeness (QED) is 0.575. The molecule has 0 amide bonds. The van der Waals surface area contributed by atoms with Crippen molar-refractivity contribution in [2.24, 2.45) is 5.92 Å². The molecular formula is C12H28N2. The molecule has 0 aromatic heterocycles. The highest BCUT2D eigenvalue weighted by molar-refractivity contribution is 4.55. The maximum absolute atomic E-state index is 3.49. The molecule has 0 rings (SSSR count). The highest BCUT2D eigenvalue weighted by Crippen LogP contribution is 1.96. The molecule has 0 saturated carbocycles. The number of hydrogen-bond donors (Lipinski definition) is 1. The van der Waals surface area contributed by atoms with Crippen molar-refractivity contribution in [3.63, 3.8) is 0 Å². The van der Waals surface area contributed by atoms with Crippen molar-refractivity contribution in [2.75, 3.05) is 32.7 Å². The molecular weight excluding hydrogens is 172 g/mol. The summed E-state index contributed by atoms with van der Waals surface area (Å²) in [6.45, 7) is 15.0. The van der Waals surface area contributed by atoms with Gasteiger partial charge < -0.3 is 10.2 Å². The molecule has 0 heterocycles. The summed E-state index contributed by atoms with van der Waals surface area (Å²) < 4.78 is 0. The maximum Gasteiger partial charge on any atom is -0.000687 e. The van der Waals surface area contributed by atoms with Crippen molar-refractivity contribution in [3.8, 4) is 0 Å². The Balaban J connectivity index is 3.12. The largest absolute Gasteiger partial charge is 0.317 e. The number of hydrogen-bond acceptors (Lipinski definition) is 2. The summed E-state index contributed by atoms with van der Waals surface area (Å²) in [7, 11) is 0. The van der Waals surface area contributed by atoms with Gasteiger partial charge in [0.25, 0.3) is 0 Å². The van der Waals surface area contributed by atoms with E-state index in [1.807, 2.05) is 0 Å². The molecule has 0 spiro atoms. The van der Waals surface area contributed by atoms with Crippen LogP contribution < -0.4 is 5.32 Å². The van der Waals surface area contributed by atoms with Gasteiger partial charge in [-0.2, -0.15) is 0 Å². The van der Waals surface area contributed by atoms with Gasteiger partial charge in [-0.1, -0.05) is 27.7 Å². The minimum absolute atomic E-state index is 0.824. The molecule has 0 fully saturated rings. The molecule has 0 saturated heterocycles. The molecule has 2 nitrogen and oxygen atoms in total. The van der Waals surface area contributed by atoms with Crippen LogP contribution in [0.15, 0.2) is 0 Å². The second-order valence-corrected chi connectivity index (χ2v) is 4.31. The van der Waals surface area contributed by atoms with Gasteiger partial charge in [-0.3, -0.25) is 0 Å². The van der Waals surface area contributed by atoms with Gasteiger partial charge in [0.1, 0.15) is 0 Å². The molecule has 0 unspecified atom stereocenters. The Hall–Kier alpha value is -0.0800. The van der Waals surface area contributed by atoms with Gasteiger partial charge in [-0.25, -0.2) is 0 Å². The minimum Gasteiger partial charge on any atom is -0.317 e. The van der Waals surface area contributed by atoms with E-state index in [1.165, 1.54) is 45.6 Å². The zero-order valence-electron chi connectivity index (χ0n) is 10.5. The average Bonchev–Trinajstić information content (AvgIpc) is 2.16. The maximum atomic E-state index is 3.49. The van der Waals surface area contributed by atoms with Crippen LogP contribution in [0, 0.1) is 5.92 Å². The van der Waals surface area contributed by atoms with Gasteiger partial charge >= 0.3 is 0 Å². The van der Waals surface area contributed by atoms with Crippen molar-refractivity contribution in [1.82, 2.24) is 10.2 Å². The normalized spacial score (nSPS) is 11.6. The van der Waals surface area contributed by atoms with Gasteiger partial charge in [-0.05, 0) is 51.5 Å². The van der Waals surface area contributed by atoms with Crippen LogP contribution in [0.1, 0.15) is 40.5 Å². The van der Waals surface area contributed by atoms with Crippen LogP contribution in [0.5, 0.6) is 0 Å². The van der Waals surface area contributed by atoms with E-state index in [9.17, 15) is 0 Å². The first-order valence-corrected chi connectivity index (χ1v) is 6.13. The Kier molecular flexibility index (Phi) is 9.42. The topological polar surface area (TPSA) is 15.3 Å². The van der Waals surface area contributed by atoms with E-state index in [0.717, 1.165) is 5.92 Å². The molecule has 1 N–H and O–H groups in total. The fourth-order valence-electron chi connectivity index (χ4n) is 1.48. The number of rotatable bonds is 9. The van der Waals surface area contributed by atoms with Crippen LogP contribution in [0.2, 0.25) is 0 Å². The lowest BCUT2D eigenvalue weighted by Gasteiger charge is -2.17. The highest BCUT2D eigenvalue weighted by Gasteiger charge is 1.97. The van der Waals surface area contributed by atoms with Crippen LogP contribution >= 0.6 is 0 Å². The van der Waals surface area contributed by atoms with Gasteiger partial charge in [0.15, 0.2) is 0 Å². The molecule has 0 bridgehead atoms. The summed E-state index contributed by atoms with van der Waals surface area (Å²) in [5.74, 6) is 0.824.